The van der Waals surface area contributed by atoms with Crippen LogP contribution >= 0.6 is 0 Å². The first-order chi connectivity index (χ1) is 15.3. The first-order valence-corrected chi connectivity index (χ1v) is 12.0. The van der Waals surface area contributed by atoms with E-state index < -0.39 is 5.60 Å². The van der Waals surface area contributed by atoms with E-state index in [-0.39, 0.29) is 22.9 Å². The molecule has 166 valence electrons. The smallest absolute Gasteiger partial charge is 0.159 e. The highest BCUT2D eigenvalue weighted by molar-refractivity contribution is 5.94. The van der Waals surface area contributed by atoms with E-state index in [4.69, 9.17) is 0 Å². The molecule has 0 saturated heterocycles. The van der Waals surface area contributed by atoms with E-state index in [0.29, 0.717) is 36.5 Å². The Hall–Kier alpha value is -2.44. The summed E-state index contributed by atoms with van der Waals surface area (Å²) in [6, 6.07) is 8.09. The maximum absolute atomic E-state index is 12.1. The summed E-state index contributed by atoms with van der Waals surface area (Å²) in [6.45, 7) is 5.65. The first kappa shape index (κ1) is 21.4. The van der Waals surface area contributed by atoms with Crippen LogP contribution in [0.2, 0.25) is 0 Å². The Morgan fingerprint density at radius 3 is 2.59 bits per heavy atom. The molecule has 0 aromatic heterocycles. The standard InChI is InChI=1S/C29H32O3/c1-4-14-29(32)15-13-26-24-11-9-21-16-22(31)10-12-23(21)27(24)25(17-28(26,29)3)20-7-5-19(6-8-20)18(2)30/h5-9,11,16,23-27,32H,10,12-13,15,17H2,1-3H3/t23-,24-,25+,26-,27+,28-,29-/m0/s1. The number of carbonyl (C=O) groups excluding carboxylic acids is 2. The number of Topliss-reactive ketones (excluding diaryl/α,β-unsaturated/α-hetero) is 1. The van der Waals surface area contributed by atoms with Crippen LogP contribution < -0.4 is 0 Å². The van der Waals surface area contributed by atoms with Gasteiger partial charge in [0.15, 0.2) is 11.6 Å². The van der Waals surface area contributed by atoms with Gasteiger partial charge in [-0.2, -0.15) is 0 Å². The van der Waals surface area contributed by atoms with Crippen molar-refractivity contribution in [3.8, 4) is 11.8 Å². The summed E-state index contributed by atoms with van der Waals surface area (Å²) in [5.41, 5.74) is 1.87. The topological polar surface area (TPSA) is 54.4 Å². The molecule has 0 amide bonds. The number of aliphatic hydroxyl groups is 1. The average molecular weight is 429 g/mol. The van der Waals surface area contributed by atoms with Gasteiger partial charge >= 0.3 is 0 Å². The van der Waals surface area contributed by atoms with E-state index in [1.165, 1.54) is 11.1 Å². The van der Waals surface area contributed by atoms with E-state index in [9.17, 15) is 14.7 Å². The molecule has 0 heterocycles. The Morgan fingerprint density at radius 1 is 1.16 bits per heavy atom. The third-order valence-electron chi connectivity index (χ3n) is 9.11. The van der Waals surface area contributed by atoms with Crippen molar-refractivity contribution in [1.82, 2.24) is 0 Å². The van der Waals surface area contributed by atoms with Crippen molar-refractivity contribution >= 4 is 11.6 Å². The monoisotopic (exact) mass is 428 g/mol. The van der Waals surface area contributed by atoms with Crippen molar-refractivity contribution < 1.29 is 14.7 Å². The maximum Gasteiger partial charge on any atom is 0.159 e. The number of hydrogen-bond donors (Lipinski definition) is 1. The van der Waals surface area contributed by atoms with Crippen LogP contribution in [-0.2, 0) is 4.79 Å². The molecule has 2 fully saturated rings. The highest BCUT2D eigenvalue weighted by Gasteiger charge is 2.64. The predicted octanol–water partition coefficient (Wildman–Crippen LogP) is 5.25. The van der Waals surface area contributed by atoms with Crippen molar-refractivity contribution in [3.63, 3.8) is 0 Å². The summed E-state index contributed by atoms with van der Waals surface area (Å²) in [7, 11) is 0. The zero-order valence-corrected chi connectivity index (χ0v) is 19.2. The minimum atomic E-state index is -0.971. The van der Waals surface area contributed by atoms with E-state index in [1.54, 1.807) is 6.92 Å². The Kier molecular flexibility index (Phi) is 5.06. The minimum Gasteiger partial charge on any atom is -0.377 e. The van der Waals surface area contributed by atoms with Gasteiger partial charge in [-0.3, -0.25) is 9.59 Å². The minimum absolute atomic E-state index is 0.0742. The Labute approximate surface area is 191 Å². The summed E-state index contributed by atoms with van der Waals surface area (Å²) in [6.07, 6.45) is 10.5. The van der Waals surface area contributed by atoms with Gasteiger partial charge in [0.2, 0.25) is 0 Å². The Balaban J connectivity index is 1.64. The molecule has 7 atom stereocenters. The van der Waals surface area contributed by atoms with Crippen LogP contribution in [0.3, 0.4) is 0 Å². The first-order valence-electron chi connectivity index (χ1n) is 12.0. The van der Waals surface area contributed by atoms with Crippen LogP contribution in [0, 0.1) is 40.9 Å². The van der Waals surface area contributed by atoms with E-state index >= 15 is 0 Å². The Morgan fingerprint density at radius 2 is 1.91 bits per heavy atom. The third kappa shape index (κ3) is 3.07. The van der Waals surface area contributed by atoms with Crippen molar-refractivity contribution in [3.05, 3.63) is 59.2 Å². The molecule has 5 rings (SSSR count). The fourth-order valence-electron chi connectivity index (χ4n) is 7.51. The molecular weight excluding hydrogens is 396 g/mol. The van der Waals surface area contributed by atoms with E-state index in [1.807, 2.05) is 25.1 Å². The van der Waals surface area contributed by atoms with Crippen LogP contribution in [0.15, 0.2) is 48.1 Å². The van der Waals surface area contributed by atoms with Crippen molar-refractivity contribution in [1.29, 1.82) is 0 Å². The van der Waals surface area contributed by atoms with E-state index in [2.05, 4.69) is 43.0 Å². The van der Waals surface area contributed by atoms with Gasteiger partial charge < -0.3 is 5.11 Å². The SMILES string of the molecule is CC#C[C@]1(O)CC[C@H]2[C@@H]3C=CC4=CC(=O)CC[C@@H]4[C@H]3[C@@H](c3ccc(C(C)=O)cc3)C[C@@]21C. The second-order valence-electron chi connectivity index (χ2n) is 10.6. The zero-order chi connectivity index (χ0) is 22.7. The molecule has 1 aromatic rings. The summed E-state index contributed by atoms with van der Waals surface area (Å²) >= 11 is 0. The van der Waals surface area contributed by atoms with Gasteiger partial charge in [0.25, 0.3) is 0 Å². The normalized spacial score (nSPS) is 39.8. The maximum atomic E-state index is 12.1. The van der Waals surface area contributed by atoms with Gasteiger partial charge in [0, 0.05) is 17.4 Å². The number of ketones is 2. The van der Waals surface area contributed by atoms with Gasteiger partial charge in [-0.15, -0.1) is 5.92 Å². The predicted molar refractivity (Wildman–Crippen MR) is 125 cm³/mol. The molecular formula is C29H32O3. The lowest BCUT2D eigenvalue weighted by Gasteiger charge is -2.56. The number of benzene rings is 1. The fourth-order valence-corrected chi connectivity index (χ4v) is 7.51. The summed E-state index contributed by atoms with van der Waals surface area (Å²) in [4.78, 5) is 24.0. The van der Waals surface area contributed by atoms with Gasteiger partial charge in [-0.05, 0) is 86.3 Å². The molecule has 4 aliphatic carbocycles. The quantitative estimate of drug-likeness (QED) is 0.517. The van der Waals surface area contributed by atoms with Gasteiger partial charge in [0.05, 0.1) is 0 Å². The molecule has 0 radical (unpaired) electrons. The lowest BCUT2D eigenvalue weighted by Crippen LogP contribution is -2.54. The molecule has 32 heavy (non-hydrogen) atoms. The molecule has 3 heteroatoms. The highest BCUT2D eigenvalue weighted by Crippen LogP contribution is 2.67. The van der Waals surface area contributed by atoms with Gasteiger partial charge in [-0.1, -0.05) is 49.3 Å². The molecule has 4 aliphatic rings. The largest absolute Gasteiger partial charge is 0.377 e. The second-order valence-corrected chi connectivity index (χ2v) is 10.6. The third-order valence-corrected chi connectivity index (χ3v) is 9.11. The molecule has 1 aromatic carbocycles. The summed E-state index contributed by atoms with van der Waals surface area (Å²) < 4.78 is 0. The number of carbonyl (C=O) groups is 2. The molecule has 0 unspecified atom stereocenters. The molecule has 0 aliphatic heterocycles. The van der Waals surface area contributed by atoms with Crippen LogP contribution in [0.25, 0.3) is 0 Å². The van der Waals surface area contributed by atoms with Crippen LogP contribution in [0.1, 0.15) is 74.7 Å². The second kappa shape index (κ2) is 7.56. The van der Waals surface area contributed by atoms with Gasteiger partial charge in [-0.25, -0.2) is 0 Å². The average Bonchev–Trinajstić information content (AvgIpc) is 3.03. The van der Waals surface area contributed by atoms with Crippen molar-refractivity contribution in [2.24, 2.45) is 29.1 Å². The number of allylic oxidation sites excluding steroid dienone is 4. The molecule has 2 saturated carbocycles. The lowest BCUT2D eigenvalue weighted by atomic mass is 9.48. The Bertz CT molecular complexity index is 1080. The van der Waals surface area contributed by atoms with Crippen LogP contribution in [0.5, 0.6) is 0 Å². The van der Waals surface area contributed by atoms with Crippen molar-refractivity contribution in [2.75, 3.05) is 0 Å². The van der Waals surface area contributed by atoms with Crippen LogP contribution in [0.4, 0.5) is 0 Å². The number of fused-ring (bicyclic) bond motifs is 5. The highest BCUT2D eigenvalue weighted by atomic mass is 16.3. The summed E-state index contributed by atoms with van der Waals surface area (Å²) in [5.74, 6) is 8.26. The zero-order valence-electron chi connectivity index (χ0n) is 19.2. The van der Waals surface area contributed by atoms with Crippen LogP contribution in [-0.4, -0.2) is 22.3 Å². The lowest BCUT2D eigenvalue weighted by molar-refractivity contribution is -0.116. The molecule has 3 nitrogen and oxygen atoms in total. The molecule has 0 bridgehead atoms. The molecule has 1 N–H and O–H groups in total. The van der Waals surface area contributed by atoms with Crippen molar-refractivity contribution in [2.45, 2.75) is 64.4 Å². The molecule has 0 spiro atoms. The fraction of sp³-hybridized carbons (Fsp3) is 0.517. The number of hydrogen-bond acceptors (Lipinski definition) is 3. The van der Waals surface area contributed by atoms with E-state index in [0.717, 1.165) is 24.8 Å². The number of rotatable bonds is 2. The summed E-state index contributed by atoms with van der Waals surface area (Å²) in [5, 5.41) is 11.7. The van der Waals surface area contributed by atoms with Gasteiger partial charge in [0.1, 0.15) is 5.60 Å².